The van der Waals surface area contributed by atoms with Crippen molar-refractivity contribution in [3.63, 3.8) is 0 Å². The van der Waals surface area contributed by atoms with Gasteiger partial charge in [-0.1, -0.05) is 11.6 Å². The Morgan fingerprint density at radius 3 is 2.33 bits per heavy atom. The Morgan fingerprint density at radius 2 is 1.48 bits per heavy atom. The van der Waals surface area contributed by atoms with Crippen molar-refractivity contribution in [3.8, 4) is 0 Å². The van der Waals surface area contributed by atoms with Gasteiger partial charge in [0.2, 0.25) is 0 Å². The van der Waals surface area contributed by atoms with Crippen LogP contribution in [0.1, 0.15) is 12.8 Å². The highest BCUT2D eigenvalue weighted by molar-refractivity contribution is 6.31. The zero-order valence-electron chi connectivity index (χ0n) is 14.8. The van der Waals surface area contributed by atoms with E-state index in [0.717, 1.165) is 59.2 Å². The molecule has 0 atom stereocenters. The van der Waals surface area contributed by atoms with E-state index in [2.05, 4.69) is 25.6 Å². The number of halogens is 1. The zero-order valence-corrected chi connectivity index (χ0v) is 15.6. The fraction of sp³-hybridized carbons (Fsp3) is 0.190. The second kappa shape index (κ2) is 8.18. The molecule has 27 heavy (non-hydrogen) atoms. The Kier molecular flexibility index (Phi) is 5.30. The molecule has 4 rings (SSSR count). The van der Waals surface area contributed by atoms with Crippen LogP contribution in [0.3, 0.4) is 0 Å². The molecule has 0 aliphatic rings. The molecule has 0 unspecified atom stereocenters. The summed E-state index contributed by atoms with van der Waals surface area (Å²) in [4.78, 5) is 13.1. The number of fused-ring (bicyclic) bond motifs is 2. The fourth-order valence-corrected chi connectivity index (χ4v) is 3.26. The normalized spacial score (nSPS) is 11.0. The topological polar surface area (TPSA) is 62.7 Å². The maximum Gasteiger partial charge on any atom is 0.112 e. The Balaban J connectivity index is 1.29. The van der Waals surface area contributed by atoms with Gasteiger partial charge in [-0.2, -0.15) is 0 Å². The summed E-state index contributed by atoms with van der Waals surface area (Å²) in [6.45, 7) is 1.79. The molecule has 0 spiro atoms. The van der Waals surface area contributed by atoms with Crippen LogP contribution in [0.2, 0.25) is 5.02 Å². The molecular formula is C21H20ClN5. The van der Waals surface area contributed by atoms with E-state index in [9.17, 15) is 0 Å². The highest BCUT2D eigenvalue weighted by atomic mass is 35.5. The number of pyridine rings is 3. The van der Waals surface area contributed by atoms with E-state index in [1.807, 2.05) is 54.9 Å². The summed E-state index contributed by atoms with van der Waals surface area (Å²) in [5, 5.41) is 8.77. The molecule has 0 radical (unpaired) electrons. The molecule has 0 fully saturated rings. The van der Waals surface area contributed by atoms with Crippen molar-refractivity contribution in [2.24, 2.45) is 0 Å². The van der Waals surface area contributed by atoms with E-state index >= 15 is 0 Å². The summed E-state index contributed by atoms with van der Waals surface area (Å²) in [7, 11) is 0. The number of unbranched alkanes of at least 4 members (excludes halogenated alkanes) is 1. The summed E-state index contributed by atoms with van der Waals surface area (Å²) in [5.41, 5.74) is 4.86. The standard InChI is InChI=1S/C21H20ClN5/c22-15-5-6-16-17(7-12-26-20(16)14-15)23-9-1-2-10-24-19-8-13-25-18-4-3-11-27-21(18)19/h3-8,11-14H,1-2,9-10H2,(H,23,26)(H,24,25). The van der Waals surface area contributed by atoms with Gasteiger partial charge < -0.3 is 10.6 Å². The fourth-order valence-electron chi connectivity index (χ4n) is 3.09. The maximum atomic E-state index is 6.04. The first kappa shape index (κ1) is 17.5. The first-order valence-corrected chi connectivity index (χ1v) is 9.41. The van der Waals surface area contributed by atoms with Crippen molar-refractivity contribution >= 4 is 44.9 Å². The molecule has 3 heterocycles. The molecule has 1 aromatic carbocycles. The van der Waals surface area contributed by atoms with Crippen LogP contribution in [-0.2, 0) is 0 Å². The molecule has 3 aromatic heterocycles. The minimum Gasteiger partial charge on any atom is -0.384 e. The van der Waals surface area contributed by atoms with Crippen molar-refractivity contribution in [3.05, 3.63) is 66.1 Å². The number of benzene rings is 1. The van der Waals surface area contributed by atoms with E-state index in [1.165, 1.54) is 0 Å². The van der Waals surface area contributed by atoms with E-state index in [0.29, 0.717) is 5.02 Å². The smallest absolute Gasteiger partial charge is 0.112 e. The number of rotatable bonds is 7. The first-order valence-electron chi connectivity index (χ1n) is 9.03. The van der Waals surface area contributed by atoms with Crippen LogP contribution in [-0.4, -0.2) is 28.0 Å². The van der Waals surface area contributed by atoms with Gasteiger partial charge in [0.25, 0.3) is 0 Å². The number of hydrogen-bond acceptors (Lipinski definition) is 5. The van der Waals surface area contributed by atoms with Crippen molar-refractivity contribution < 1.29 is 0 Å². The zero-order chi connectivity index (χ0) is 18.5. The molecule has 0 bridgehead atoms. The van der Waals surface area contributed by atoms with Gasteiger partial charge in [0.15, 0.2) is 0 Å². The van der Waals surface area contributed by atoms with Crippen LogP contribution < -0.4 is 10.6 Å². The molecule has 0 aliphatic carbocycles. The third kappa shape index (κ3) is 4.09. The van der Waals surface area contributed by atoms with Crippen LogP contribution in [0.4, 0.5) is 11.4 Å². The van der Waals surface area contributed by atoms with Crippen LogP contribution in [0, 0.1) is 0 Å². The molecule has 5 nitrogen and oxygen atoms in total. The van der Waals surface area contributed by atoms with Crippen LogP contribution in [0.5, 0.6) is 0 Å². The minimum atomic E-state index is 0.705. The van der Waals surface area contributed by atoms with Gasteiger partial charge in [-0.15, -0.1) is 0 Å². The Bertz CT molecular complexity index is 1060. The van der Waals surface area contributed by atoms with E-state index in [4.69, 9.17) is 11.6 Å². The monoisotopic (exact) mass is 377 g/mol. The lowest BCUT2D eigenvalue weighted by Gasteiger charge is -2.11. The predicted octanol–water partition coefficient (Wildman–Crippen LogP) is 5.14. The highest BCUT2D eigenvalue weighted by Crippen LogP contribution is 2.24. The number of anilines is 2. The lowest BCUT2D eigenvalue weighted by molar-refractivity contribution is 0.796. The molecule has 136 valence electrons. The first-order chi connectivity index (χ1) is 13.3. The van der Waals surface area contributed by atoms with Crippen LogP contribution in [0.15, 0.2) is 61.1 Å². The van der Waals surface area contributed by atoms with Crippen molar-refractivity contribution in [1.82, 2.24) is 15.0 Å². The predicted molar refractivity (Wildman–Crippen MR) is 113 cm³/mol. The number of nitrogens with one attached hydrogen (secondary N) is 2. The van der Waals surface area contributed by atoms with Gasteiger partial charge in [-0.25, -0.2) is 0 Å². The molecule has 0 amide bonds. The highest BCUT2D eigenvalue weighted by Gasteiger charge is 2.03. The van der Waals surface area contributed by atoms with Crippen LogP contribution in [0.25, 0.3) is 21.9 Å². The quantitative estimate of drug-likeness (QED) is 0.437. The van der Waals surface area contributed by atoms with Gasteiger partial charge in [0, 0.05) is 47.8 Å². The van der Waals surface area contributed by atoms with Gasteiger partial charge in [0.1, 0.15) is 5.52 Å². The number of nitrogens with zero attached hydrogens (tertiary/aromatic N) is 3. The summed E-state index contributed by atoms with van der Waals surface area (Å²) in [5.74, 6) is 0. The maximum absolute atomic E-state index is 6.04. The second-order valence-electron chi connectivity index (χ2n) is 6.31. The van der Waals surface area contributed by atoms with Crippen molar-refractivity contribution in [2.75, 3.05) is 23.7 Å². The third-order valence-corrected chi connectivity index (χ3v) is 4.67. The molecular weight excluding hydrogens is 358 g/mol. The lowest BCUT2D eigenvalue weighted by atomic mass is 10.2. The largest absolute Gasteiger partial charge is 0.384 e. The second-order valence-corrected chi connectivity index (χ2v) is 6.75. The SMILES string of the molecule is Clc1ccc2c(NCCCCNc3ccnc4cccnc34)ccnc2c1. The van der Waals surface area contributed by atoms with Gasteiger partial charge in [0.05, 0.1) is 16.7 Å². The average molecular weight is 378 g/mol. The van der Waals surface area contributed by atoms with Gasteiger partial charge >= 0.3 is 0 Å². The Hall–Kier alpha value is -2.92. The number of hydrogen-bond donors (Lipinski definition) is 2. The van der Waals surface area contributed by atoms with Crippen LogP contribution >= 0.6 is 11.6 Å². The summed E-state index contributed by atoms with van der Waals surface area (Å²) in [6, 6.07) is 13.7. The summed E-state index contributed by atoms with van der Waals surface area (Å²) >= 11 is 6.04. The lowest BCUT2D eigenvalue weighted by Crippen LogP contribution is -2.07. The molecule has 6 heteroatoms. The van der Waals surface area contributed by atoms with Gasteiger partial charge in [-0.05, 0) is 55.3 Å². The minimum absolute atomic E-state index is 0.705. The van der Waals surface area contributed by atoms with Gasteiger partial charge in [-0.3, -0.25) is 15.0 Å². The third-order valence-electron chi connectivity index (χ3n) is 4.44. The molecule has 0 aliphatic heterocycles. The summed E-state index contributed by atoms with van der Waals surface area (Å²) in [6.07, 6.45) is 7.53. The molecule has 4 aromatic rings. The average Bonchev–Trinajstić information content (AvgIpc) is 2.70. The van der Waals surface area contributed by atoms with Crippen molar-refractivity contribution in [2.45, 2.75) is 12.8 Å². The molecule has 0 saturated carbocycles. The summed E-state index contributed by atoms with van der Waals surface area (Å²) < 4.78 is 0. The van der Waals surface area contributed by atoms with E-state index < -0.39 is 0 Å². The number of aromatic nitrogens is 3. The molecule has 2 N–H and O–H groups in total. The Morgan fingerprint density at radius 1 is 0.741 bits per heavy atom. The van der Waals surface area contributed by atoms with E-state index in [1.54, 1.807) is 6.20 Å². The van der Waals surface area contributed by atoms with E-state index in [-0.39, 0.29) is 0 Å². The Labute approximate surface area is 162 Å². The van der Waals surface area contributed by atoms with Crippen molar-refractivity contribution in [1.29, 1.82) is 0 Å². The molecule has 0 saturated heterocycles.